The highest BCUT2D eigenvalue weighted by atomic mass is 16.2. The molecule has 3 rings (SSSR count). The average Bonchev–Trinajstić information content (AvgIpc) is 2.65. The number of carbonyl (C=O) groups excluding carboxylic acids is 1. The van der Waals surface area contributed by atoms with Crippen LogP contribution >= 0.6 is 0 Å². The summed E-state index contributed by atoms with van der Waals surface area (Å²) in [7, 11) is 0. The van der Waals surface area contributed by atoms with E-state index in [1.165, 1.54) is 0 Å². The lowest BCUT2D eigenvalue weighted by Crippen LogP contribution is -2.39. The van der Waals surface area contributed by atoms with E-state index in [2.05, 4.69) is 4.98 Å². The zero-order valence-corrected chi connectivity index (χ0v) is 13.9. The van der Waals surface area contributed by atoms with Gasteiger partial charge in [0.2, 0.25) is 0 Å². The standard InChI is InChI=1S/C20H21N3O2/c21-11-13-23(12-10-15-6-2-1-3-7-15)20(25)17-14-16-8-4-5-9-18(16)22-19(17)24/h1-9,14H,10-13,21H2,(H,22,24). The van der Waals surface area contributed by atoms with Crippen LogP contribution < -0.4 is 11.3 Å². The molecule has 0 radical (unpaired) electrons. The van der Waals surface area contributed by atoms with Crippen molar-refractivity contribution < 1.29 is 4.79 Å². The molecular weight excluding hydrogens is 314 g/mol. The molecule has 1 aromatic heterocycles. The molecule has 5 heteroatoms. The smallest absolute Gasteiger partial charge is 0.261 e. The van der Waals surface area contributed by atoms with Crippen molar-refractivity contribution in [3.8, 4) is 0 Å². The number of nitrogens with two attached hydrogens (primary N) is 1. The van der Waals surface area contributed by atoms with Crippen LogP contribution in [-0.4, -0.2) is 35.4 Å². The fraction of sp³-hybridized carbons (Fsp3) is 0.200. The van der Waals surface area contributed by atoms with E-state index in [9.17, 15) is 9.59 Å². The fourth-order valence-corrected chi connectivity index (χ4v) is 2.86. The zero-order chi connectivity index (χ0) is 17.6. The van der Waals surface area contributed by atoms with Gasteiger partial charge in [0, 0.05) is 25.2 Å². The Hall–Kier alpha value is -2.92. The number of pyridine rings is 1. The lowest BCUT2D eigenvalue weighted by Gasteiger charge is -2.22. The van der Waals surface area contributed by atoms with E-state index in [0.29, 0.717) is 19.6 Å². The van der Waals surface area contributed by atoms with Gasteiger partial charge >= 0.3 is 0 Å². The Bertz CT molecular complexity index is 919. The number of rotatable bonds is 6. The molecule has 0 atom stereocenters. The Balaban J connectivity index is 1.85. The SMILES string of the molecule is NCCN(CCc1ccccc1)C(=O)c1cc2ccccc2[nH]c1=O. The summed E-state index contributed by atoms with van der Waals surface area (Å²) in [6, 6.07) is 19.0. The van der Waals surface area contributed by atoms with Crippen LogP contribution in [0.3, 0.4) is 0 Å². The summed E-state index contributed by atoms with van der Waals surface area (Å²) >= 11 is 0. The summed E-state index contributed by atoms with van der Waals surface area (Å²) < 4.78 is 0. The second kappa shape index (κ2) is 7.77. The van der Waals surface area contributed by atoms with Crippen molar-refractivity contribution in [2.75, 3.05) is 19.6 Å². The Labute approximate surface area is 146 Å². The van der Waals surface area contributed by atoms with Crippen LogP contribution in [0.25, 0.3) is 10.9 Å². The fourth-order valence-electron chi connectivity index (χ4n) is 2.86. The largest absolute Gasteiger partial charge is 0.337 e. The van der Waals surface area contributed by atoms with Crippen LogP contribution in [0.2, 0.25) is 0 Å². The van der Waals surface area contributed by atoms with E-state index >= 15 is 0 Å². The molecule has 0 unspecified atom stereocenters. The first-order valence-corrected chi connectivity index (χ1v) is 8.34. The van der Waals surface area contributed by atoms with Crippen molar-refractivity contribution >= 4 is 16.8 Å². The molecule has 1 heterocycles. The number of nitrogens with one attached hydrogen (secondary N) is 1. The van der Waals surface area contributed by atoms with Gasteiger partial charge in [0.15, 0.2) is 0 Å². The molecule has 1 amide bonds. The molecule has 5 nitrogen and oxygen atoms in total. The number of H-pyrrole nitrogens is 1. The number of aromatic nitrogens is 1. The van der Waals surface area contributed by atoms with Crippen LogP contribution in [0.5, 0.6) is 0 Å². The number of nitrogens with zero attached hydrogens (tertiary/aromatic N) is 1. The topological polar surface area (TPSA) is 79.2 Å². The van der Waals surface area contributed by atoms with Crippen LogP contribution in [0, 0.1) is 0 Å². The van der Waals surface area contributed by atoms with Crippen molar-refractivity contribution in [1.29, 1.82) is 0 Å². The van der Waals surface area contributed by atoms with Gasteiger partial charge < -0.3 is 15.6 Å². The van der Waals surface area contributed by atoms with Gasteiger partial charge in [-0.3, -0.25) is 9.59 Å². The first-order valence-electron chi connectivity index (χ1n) is 8.34. The molecule has 0 aliphatic carbocycles. The van der Waals surface area contributed by atoms with Crippen molar-refractivity contribution in [3.05, 3.63) is 82.1 Å². The highest BCUT2D eigenvalue weighted by molar-refractivity contribution is 5.97. The third-order valence-electron chi connectivity index (χ3n) is 4.18. The normalized spacial score (nSPS) is 10.8. The van der Waals surface area contributed by atoms with Gasteiger partial charge in [0.1, 0.15) is 5.56 Å². The number of para-hydroxylation sites is 1. The van der Waals surface area contributed by atoms with Crippen LogP contribution in [0.4, 0.5) is 0 Å². The maximum absolute atomic E-state index is 12.9. The molecule has 3 aromatic rings. The summed E-state index contributed by atoms with van der Waals surface area (Å²) in [4.78, 5) is 29.6. The second-order valence-corrected chi connectivity index (χ2v) is 5.92. The van der Waals surface area contributed by atoms with Crippen molar-refractivity contribution in [2.24, 2.45) is 5.73 Å². The number of amides is 1. The molecule has 0 aliphatic rings. The quantitative estimate of drug-likeness (QED) is 0.724. The summed E-state index contributed by atoms with van der Waals surface area (Å²) in [6.07, 6.45) is 0.720. The molecule has 0 aliphatic heterocycles. The van der Waals surface area contributed by atoms with Gasteiger partial charge in [0.25, 0.3) is 11.5 Å². The van der Waals surface area contributed by atoms with Gasteiger partial charge in [-0.15, -0.1) is 0 Å². The van der Waals surface area contributed by atoms with Crippen molar-refractivity contribution in [2.45, 2.75) is 6.42 Å². The van der Waals surface area contributed by atoms with Gasteiger partial charge in [-0.2, -0.15) is 0 Å². The van der Waals surface area contributed by atoms with E-state index in [4.69, 9.17) is 5.73 Å². The minimum atomic E-state index is -0.370. The second-order valence-electron chi connectivity index (χ2n) is 5.92. The molecule has 128 valence electrons. The summed E-state index contributed by atoms with van der Waals surface area (Å²) in [5.74, 6) is -0.284. The first kappa shape index (κ1) is 16.9. The lowest BCUT2D eigenvalue weighted by molar-refractivity contribution is 0.0760. The van der Waals surface area contributed by atoms with Gasteiger partial charge in [0.05, 0.1) is 0 Å². The lowest BCUT2D eigenvalue weighted by atomic mass is 10.1. The van der Waals surface area contributed by atoms with Crippen molar-refractivity contribution in [3.63, 3.8) is 0 Å². The molecule has 25 heavy (non-hydrogen) atoms. The van der Waals surface area contributed by atoms with Crippen LogP contribution in [0.15, 0.2) is 65.5 Å². The van der Waals surface area contributed by atoms with Gasteiger partial charge in [-0.25, -0.2) is 0 Å². The number of aromatic amines is 1. The molecule has 0 fully saturated rings. The zero-order valence-electron chi connectivity index (χ0n) is 13.9. The molecule has 2 aromatic carbocycles. The molecule has 0 saturated carbocycles. The minimum absolute atomic E-state index is 0.153. The van der Waals surface area contributed by atoms with Gasteiger partial charge in [-0.05, 0) is 29.5 Å². The Morgan fingerprint density at radius 1 is 1.00 bits per heavy atom. The monoisotopic (exact) mass is 335 g/mol. The number of hydrogen-bond donors (Lipinski definition) is 2. The van der Waals surface area contributed by atoms with E-state index < -0.39 is 0 Å². The molecule has 3 N–H and O–H groups in total. The molecule has 0 bridgehead atoms. The number of fused-ring (bicyclic) bond motifs is 1. The molecule has 0 spiro atoms. The van der Waals surface area contributed by atoms with E-state index in [-0.39, 0.29) is 17.0 Å². The molecular formula is C20H21N3O2. The maximum Gasteiger partial charge on any atom is 0.261 e. The summed E-state index contributed by atoms with van der Waals surface area (Å²) in [5, 5.41) is 0.834. The van der Waals surface area contributed by atoms with E-state index in [1.54, 1.807) is 11.0 Å². The average molecular weight is 335 g/mol. The number of hydrogen-bond acceptors (Lipinski definition) is 3. The maximum atomic E-state index is 12.9. The van der Waals surface area contributed by atoms with Crippen LogP contribution in [0.1, 0.15) is 15.9 Å². The Kier molecular flexibility index (Phi) is 5.26. The minimum Gasteiger partial charge on any atom is -0.337 e. The molecule has 0 saturated heterocycles. The summed E-state index contributed by atoms with van der Waals surface area (Å²) in [6.45, 7) is 1.29. The highest BCUT2D eigenvalue weighted by Crippen LogP contribution is 2.12. The predicted molar refractivity (Wildman–Crippen MR) is 99.7 cm³/mol. The van der Waals surface area contributed by atoms with Crippen LogP contribution in [-0.2, 0) is 6.42 Å². The highest BCUT2D eigenvalue weighted by Gasteiger charge is 2.18. The number of benzene rings is 2. The summed E-state index contributed by atoms with van der Waals surface area (Å²) in [5.41, 5.74) is 7.31. The predicted octanol–water partition coefficient (Wildman–Crippen LogP) is 2.17. The third-order valence-corrected chi connectivity index (χ3v) is 4.18. The Morgan fingerprint density at radius 2 is 1.72 bits per heavy atom. The van der Waals surface area contributed by atoms with Gasteiger partial charge in [-0.1, -0.05) is 48.5 Å². The Morgan fingerprint density at radius 3 is 2.48 bits per heavy atom. The van der Waals surface area contributed by atoms with Crippen molar-refractivity contribution in [1.82, 2.24) is 9.88 Å². The first-order chi connectivity index (χ1) is 12.2. The van der Waals surface area contributed by atoms with E-state index in [0.717, 1.165) is 22.9 Å². The van der Waals surface area contributed by atoms with E-state index in [1.807, 2.05) is 54.6 Å². The number of carbonyl (C=O) groups is 1. The third kappa shape index (κ3) is 3.95.